The maximum atomic E-state index is 2.38. The number of hydrogen-bond donors (Lipinski definition) is 0. The van der Waals surface area contributed by atoms with Gasteiger partial charge in [-0.15, -0.1) is 0 Å². The van der Waals surface area contributed by atoms with Gasteiger partial charge in [-0.1, -0.05) is 0 Å². The van der Waals surface area contributed by atoms with Crippen molar-refractivity contribution < 1.29 is 4.48 Å². The van der Waals surface area contributed by atoms with Gasteiger partial charge in [-0.25, -0.2) is 0 Å². The average molecular weight is 255 g/mol. The fourth-order valence-corrected chi connectivity index (χ4v) is 6.46. The number of quaternary nitrogens is 1. The first-order valence-electron chi connectivity index (χ1n) is 6.68. The molecule has 1 heterocycles. The first kappa shape index (κ1) is 12.7. The second-order valence-electron chi connectivity index (χ2n) is 4.90. The van der Waals surface area contributed by atoms with Crippen LogP contribution in [0.4, 0.5) is 0 Å². The molecule has 0 saturated carbocycles. The minimum atomic E-state index is -0.0359. The van der Waals surface area contributed by atoms with E-state index < -0.39 is 0 Å². The van der Waals surface area contributed by atoms with Crippen molar-refractivity contribution in [2.24, 2.45) is 0 Å². The van der Waals surface area contributed by atoms with Crippen LogP contribution in [0.5, 0.6) is 0 Å². The minimum absolute atomic E-state index is 0.0359. The molecular formula is C12H27GaN+. The van der Waals surface area contributed by atoms with Crippen molar-refractivity contribution in [1.29, 1.82) is 0 Å². The molecule has 0 unspecified atom stereocenters. The van der Waals surface area contributed by atoms with Crippen LogP contribution in [0, 0.1) is 0 Å². The fourth-order valence-electron chi connectivity index (χ4n) is 2.75. The summed E-state index contributed by atoms with van der Waals surface area (Å²) in [6.45, 7) is 10.4. The molecule has 1 aliphatic heterocycles. The van der Waals surface area contributed by atoms with Crippen molar-refractivity contribution in [2.75, 3.05) is 26.2 Å². The van der Waals surface area contributed by atoms with Crippen LogP contribution >= 0.6 is 0 Å². The van der Waals surface area contributed by atoms with Crippen LogP contribution in [0.25, 0.3) is 0 Å². The zero-order valence-electron chi connectivity index (χ0n) is 10.2. The van der Waals surface area contributed by atoms with Gasteiger partial charge < -0.3 is 0 Å². The predicted molar refractivity (Wildman–Crippen MR) is 66.3 cm³/mol. The van der Waals surface area contributed by atoms with Gasteiger partial charge in [-0.2, -0.15) is 0 Å². The van der Waals surface area contributed by atoms with Crippen molar-refractivity contribution in [3.63, 3.8) is 0 Å². The summed E-state index contributed by atoms with van der Waals surface area (Å²) < 4.78 is 1.41. The van der Waals surface area contributed by atoms with E-state index in [-0.39, 0.29) is 17.4 Å². The van der Waals surface area contributed by atoms with Gasteiger partial charge in [-0.3, -0.25) is 0 Å². The quantitative estimate of drug-likeness (QED) is 0.525. The number of hydrogen-bond acceptors (Lipinski definition) is 0. The molecule has 0 radical (unpaired) electrons. The van der Waals surface area contributed by atoms with E-state index >= 15 is 0 Å². The SMILES string of the molecule is CC[N+]1(CC)CCC[CH2][GaH][CH2]CCC1. The maximum absolute atomic E-state index is 2.38. The third-order valence-electron chi connectivity index (χ3n) is 4.11. The molecule has 0 spiro atoms. The van der Waals surface area contributed by atoms with Gasteiger partial charge in [0.25, 0.3) is 0 Å². The molecule has 0 aromatic carbocycles. The van der Waals surface area contributed by atoms with Crippen molar-refractivity contribution >= 4 is 17.4 Å². The third-order valence-corrected chi connectivity index (χ3v) is 8.30. The van der Waals surface area contributed by atoms with Gasteiger partial charge >= 0.3 is 97.6 Å². The van der Waals surface area contributed by atoms with Crippen molar-refractivity contribution in [3.8, 4) is 0 Å². The van der Waals surface area contributed by atoms with Crippen LogP contribution in [0.3, 0.4) is 0 Å². The molecule has 14 heavy (non-hydrogen) atoms. The second kappa shape index (κ2) is 6.97. The van der Waals surface area contributed by atoms with Gasteiger partial charge in [0.1, 0.15) is 0 Å². The van der Waals surface area contributed by atoms with E-state index in [1.54, 1.807) is 22.8 Å². The van der Waals surface area contributed by atoms with Crippen LogP contribution < -0.4 is 0 Å². The summed E-state index contributed by atoms with van der Waals surface area (Å²) >= 11 is -0.0359. The Morgan fingerprint density at radius 3 is 1.79 bits per heavy atom. The van der Waals surface area contributed by atoms with Gasteiger partial charge in [0.2, 0.25) is 0 Å². The molecule has 0 aromatic heterocycles. The molecule has 0 N–H and O–H groups in total. The van der Waals surface area contributed by atoms with E-state index in [1.165, 1.54) is 43.5 Å². The zero-order chi connectivity index (χ0) is 10.3. The predicted octanol–water partition coefficient (Wildman–Crippen LogP) is 2.69. The molecule has 1 nitrogen and oxygen atoms in total. The molecule has 0 amide bonds. The van der Waals surface area contributed by atoms with Crippen LogP contribution in [0.2, 0.25) is 9.95 Å². The fraction of sp³-hybridized carbons (Fsp3) is 1.00. The summed E-state index contributed by atoms with van der Waals surface area (Å²) in [5.41, 5.74) is 0. The molecule has 82 valence electrons. The van der Waals surface area contributed by atoms with Crippen molar-refractivity contribution in [2.45, 2.75) is 49.5 Å². The van der Waals surface area contributed by atoms with E-state index in [0.717, 1.165) is 0 Å². The average Bonchev–Trinajstić information content (AvgIpc) is 2.26. The van der Waals surface area contributed by atoms with Crippen LogP contribution in [0.1, 0.15) is 39.5 Å². The summed E-state index contributed by atoms with van der Waals surface area (Å²) in [5.74, 6) is 0. The summed E-state index contributed by atoms with van der Waals surface area (Å²) in [6, 6.07) is 0. The second-order valence-corrected chi connectivity index (χ2v) is 9.35. The van der Waals surface area contributed by atoms with Crippen molar-refractivity contribution in [1.82, 2.24) is 0 Å². The summed E-state index contributed by atoms with van der Waals surface area (Å²) in [7, 11) is 0. The van der Waals surface area contributed by atoms with Crippen molar-refractivity contribution in [3.05, 3.63) is 0 Å². The molecule has 0 aliphatic carbocycles. The monoisotopic (exact) mass is 254 g/mol. The third kappa shape index (κ3) is 3.99. The van der Waals surface area contributed by atoms with Gasteiger partial charge in [0.05, 0.1) is 0 Å². The molecule has 2 heteroatoms. The first-order valence-corrected chi connectivity index (χ1v) is 10.9. The Morgan fingerprint density at radius 2 is 1.36 bits per heavy atom. The normalized spacial score (nSPS) is 23.9. The van der Waals surface area contributed by atoms with Crippen LogP contribution in [-0.4, -0.2) is 48.1 Å². The summed E-state index contributed by atoms with van der Waals surface area (Å²) in [6.07, 6.45) is 6.12. The summed E-state index contributed by atoms with van der Waals surface area (Å²) in [4.78, 5) is 3.33. The molecule has 1 saturated heterocycles. The van der Waals surface area contributed by atoms with E-state index in [2.05, 4.69) is 13.8 Å². The van der Waals surface area contributed by atoms with Crippen LogP contribution in [-0.2, 0) is 0 Å². The molecule has 0 aromatic rings. The number of nitrogens with zero attached hydrogens (tertiary/aromatic N) is 1. The van der Waals surface area contributed by atoms with Crippen LogP contribution in [0.15, 0.2) is 0 Å². The van der Waals surface area contributed by atoms with E-state index in [9.17, 15) is 0 Å². The van der Waals surface area contributed by atoms with Gasteiger partial charge in [0, 0.05) is 0 Å². The Labute approximate surface area is 97.6 Å². The Morgan fingerprint density at radius 1 is 0.857 bits per heavy atom. The van der Waals surface area contributed by atoms with E-state index in [0.29, 0.717) is 0 Å². The van der Waals surface area contributed by atoms with E-state index in [4.69, 9.17) is 0 Å². The topological polar surface area (TPSA) is 0 Å². The van der Waals surface area contributed by atoms with Gasteiger partial charge in [0.15, 0.2) is 0 Å². The Kier molecular flexibility index (Phi) is 6.30. The van der Waals surface area contributed by atoms with Gasteiger partial charge in [-0.05, 0) is 0 Å². The standard InChI is InChI=1S/C12H26N.Ga.H/c1-5-9-11-13(7-3,8-4)12-10-6-2;;/h1-2,5-12H2,3-4H3;;/q+1;;. The molecule has 1 rings (SSSR count). The summed E-state index contributed by atoms with van der Waals surface area (Å²) in [5, 5.41) is 0. The first-order chi connectivity index (χ1) is 6.83. The molecular weight excluding hydrogens is 228 g/mol. The Bertz CT molecular complexity index is 131. The molecule has 1 fully saturated rings. The van der Waals surface area contributed by atoms with E-state index in [1.807, 2.05) is 0 Å². The molecule has 1 aliphatic rings. The molecule has 0 atom stereocenters. The Hall–Kier alpha value is 0.596. The molecule has 0 bridgehead atoms. The Balaban J connectivity index is 2.44. The number of rotatable bonds is 2. The zero-order valence-corrected chi connectivity index (χ0v) is 13.2.